The van der Waals surface area contributed by atoms with Gasteiger partial charge in [0.2, 0.25) is 11.8 Å². The van der Waals surface area contributed by atoms with Crippen molar-refractivity contribution in [3.8, 4) is 22.9 Å². The molecule has 5 nitrogen and oxygen atoms in total. The molecule has 1 aromatic heterocycles. The summed E-state index contributed by atoms with van der Waals surface area (Å²) in [5, 5.41) is 12.9. The Hall–Kier alpha value is -3.67. The van der Waals surface area contributed by atoms with Crippen molar-refractivity contribution >= 4 is 0 Å². The van der Waals surface area contributed by atoms with Crippen LogP contribution in [0.2, 0.25) is 0 Å². The number of aromatic nitrogens is 1. The molecule has 0 saturated heterocycles. The lowest BCUT2D eigenvalue weighted by Crippen LogP contribution is -2.42. The smallest absolute Gasteiger partial charge is 0.225 e. The standard InChI is InChI=1S/C31H32N2O3/c34-20-26-17-28(18-26)32-19-25-12-7-13-27(16-25)29-14-15-30(35-21-23-8-3-1-4-9-23)33-31(29)36-22-24-10-5-2-6-11-24/h1-16,26,28,32,34H,17-22H2. The van der Waals surface area contributed by atoms with E-state index in [-0.39, 0.29) is 6.61 Å². The maximum absolute atomic E-state index is 9.25. The Balaban J connectivity index is 1.33. The Morgan fingerprint density at radius 3 is 2.11 bits per heavy atom. The van der Waals surface area contributed by atoms with Gasteiger partial charge in [-0.05, 0) is 53.1 Å². The molecule has 0 atom stereocenters. The minimum absolute atomic E-state index is 0.289. The second-order valence-corrected chi connectivity index (χ2v) is 9.35. The first kappa shape index (κ1) is 24.0. The van der Waals surface area contributed by atoms with E-state index in [4.69, 9.17) is 14.5 Å². The number of pyridine rings is 1. The average Bonchev–Trinajstić information content (AvgIpc) is 2.91. The Labute approximate surface area is 212 Å². The summed E-state index contributed by atoms with van der Waals surface area (Å²) in [6, 6.07) is 33.1. The second kappa shape index (κ2) is 11.8. The SMILES string of the molecule is OCC1CC(NCc2cccc(-c3ccc(OCc4ccccc4)nc3OCc3ccccc3)c2)C1. The highest BCUT2D eigenvalue weighted by Gasteiger charge is 2.27. The second-order valence-electron chi connectivity index (χ2n) is 9.35. The zero-order valence-corrected chi connectivity index (χ0v) is 20.3. The molecular formula is C31H32N2O3. The van der Waals surface area contributed by atoms with Crippen LogP contribution in [0.4, 0.5) is 0 Å². The summed E-state index contributed by atoms with van der Waals surface area (Å²) in [5.74, 6) is 1.54. The van der Waals surface area contributed by atoms with Gasteiger partial charge in [-0.1, -0.05) is 78.9 Å². The number of aliphatic hydroxyl groups is 1. The molecule has 2 N–H and O–H groups in total. The number of ether oxygens (including phenoxy) is 2. The highest BCUT2D eigenvalue weighted by atomic mass is 16.5. The number of nitrogens with zero attached hydrogens (tertiary/aromatic N) is 1. The maximum atomic E-state index is 9.25. The van der Waals surface area contributed by atoms with E-state index in [9.17, 15) is 5.11 Å². The molecule has 0 bridgehead atoms. The average molecular weight is 481 g/mol. The molecule has 0 unspecified atom stereocenters. The minimum Gasteiger partial charge on any atom is -0.473 e. The molecule has 1 saturated carbocycles. The van der Waals surface area contributed by atoms with Gasteiger partial charge >= 0.3 is 0 Å². The Bertz CT molecular complexity index is 1240. The lowest BCUT2D eigenvalue weighted by atomic mass is 9.81. The van der Waals surface area contributed by atoms with Crippen molar-refractivity contribution in [1.29, 1.82) is 0 Å². The van der Waals surface area contributed by atoms with E-state index in [2.05, 4.69) is 29.6 Å². The molecule has 0 radical (unpaired) electrons. The van der Waals surface area contributed by atoms with Gasteiger partial charge in [-0.2, -0.15) is 4.98 Å². The fraction of sp³-hybridized carbons (Fsp3) is 0.258. The first-order valence-electron chi connectivity index (χ1n) is 12.5. The zero-order chi connectivity index (χ0) is 24.6. The third kappa shape index (κ3) is 6.30. The van der Waals surface area contributed by atoms with Crippen molar-refractivity contribution in [3.63, 3.8) is 0 Å². The number of rotatable bonds is 11. The fourth-order valence-corrected chi connectivity index (χ4v) is 4.45. The summed E-state index contributed by atoms with van der Waals surface area (Å²) in [6.45, 7) is 1.96. The molecule has 0 spiro atoms. The van der Waals surface area contributed by atoms with Crippen LogP contribution in [0.15, 0.2) is 97.1 Å². The Morgan fingerprint density at radius 2 is 1.42 bits per heavy atom. The fourth-order valence-electron chi connectivity index (χ4n) is 4.45. The number of benzene rings is 3. The largest absolute Gasteiger partial charge is 0.473 e. The molecule has 5 rings (SSSR count). The van der Waals surface area contributed by atoms with Crippen molar-refractivity contribution in [1.82, 2.24) is 10.3 Å². The molecule has 1 aliphatic rings. The molecule has 36 heavy (non-hydrogen) atoms. The van der Waals surface area contributed by atoms with Crippen LogP contribution < -0.4 is 14.8 Å². The first-order chi connectivity index (χ1) is 17.8. The topological polar surface area (TPSA) is 63.6 Å². The highest BCUT2D eigenvalue weighted by Crippen LogP contribution is 2.32. The molecular weight excluding hydrogens is 448 g/mol. The van der Waals surface area contributed by atoms with Crippen molar-refractivity contribution in [3.05, 3.63) is 114 Å². The molecule has 0 aliphatic heterocycles. The van der Waals surface area contributed by atoms with E-state index < -0.39 is 0 Å². The van der Waals surface area contributed by atoms with Crippen LogP contribution in [-0.4, -0.2) is 22.7 Å². The zero-order valence-electron chi connectivity index (χ0n) is 20.3. The van der Waals surface area contributed by atoms with Gasteiger partial charge in [-0.15, -0.1) is 0 Å². The molecule has 5 heteroatoms. The van der Waals surface area contributed by atoms with Crippen LogP contribution in [0, 0.1) is 5.92 Å². The normalized spacial score (nSPS) is 16.8. The Kier molecular flexibility index (Phi) is 7.91. The van der Waals surface area contributed by atoms with Gasteiger partial charge in [0.05, 0.1) is 0 Å². The van der Waals surface area contributed by atoms with Crippen molar-refractivity contribution in [2.75, 3.05) is 6.61 Å². The monoisotopic (exact) mass is 480 g/mol. The summed E-state index contributed by atoms with van der Waals surface area (Å²) in [7, 11) is 0. The van der Waals surface area contributed by atoms with E-state index in [1.165, 1.54) is 5.56 Å². The van der Waals surface area contributed by atoms with Crippen LogP contribution >= 0.6 is 0 Å². The van der Waals surface area contributed by atoms with Crippen molar-refractivity contribution in [2.24, 2.45) is 5.92 Å². The van der Waals surface area contributed by atoms with Gasteiger partial charge in [0.15, 0.2) is 0 Å². The molecule has 1 aliphatic carbocycles. The van der Waals surface area contributed by atoms with Gasteiger partial charge < -0.3 is 19.9 Å². The number of hydrogen-bond acceptors (Lipinski definition) is 5. The van der Waals surface area contributed by atoms with Crippen LogP contribution in [-0.2, 0) is 19.8 Å². The number of nitrogens with one attached hydrogen (secondary N) is 1. The van der Waals surface area contributed by atoms with E-state index in [1.807, 2.05) is 72.8 Å². The van der Waals surface area contributed by atoms with E-state index >= 15 is 0 Å². The molecule has 3 aromatic carbocycles. The third-order valence-corrected chi connectivity index (χ3v) is 6.61. The predicted octanol–water partition coefficient (Wildman–Crippen LogP) is 5.77. The predicted molar refractivity (Wildman–Crippen MR) is 142 cm³/mol. The lowest BCUT2D eigenvalue weighted by molar-refractivity contribution is 0.126. The maximum Gasteiger partial charge on any atom is 0.225 e. The van der Waals surface area contributed by atoms with E-state index in [0.29, 0.717) is 36.9 Å². The van der Waals surface area contributed by atoms with Gasteiger partial charge in [-0.3, -0.25) is 0 Å². The molecule has 4 aromatic rings. The summed E-state index contributed by atoms with van der Waals surface area (Å²) >= 11 is 0. The van der Waals surface area contributed by atoms with Gasteiger partial charge in [0.25, 0.3) is 0 Å². The molecule has 1 fully saturated rings. The Morgan fingerprint density at radius 1 is 0.750 bits per heavy atom. The van der Waals surface area contributed by atoms with E-state index in [0.717, 1.165) is 41.6 Å². The third-order valence-electron chi connectivity index (χ3n) is 6.61. The summed E-state index contributed by atoms with van der Waals surface area (Å²) in [4.78, 5) is 4.74. The van der Waals surface area contributed by atoms with Crippen LogP contribution in [0.25, 0.3) is 11.1 Å². The number of hydrogen-bond donors (Lipinski definition) is 2. The van der Waals surface area contributed by atoms with Gasteiger partial charge in [0, 0.05) is 30.8 Å². The highest BCUT2D eigenvalue weighted by molar-refractivity contribution is 5.69. The first-order valence-corrected chi connectivity index (χ1v) is 12.5. The summed E-state index contributed by atoms with van der Waals surface area (Å²) in [6.07, 6.45) is 2.09. The summed E-state index contributed by atoms with van der Waals surface area (Å²) < 4.78 is 12.2. The van der Waals surface area contributed by atoms with Crippen LogP contribution in [0.1, 0.15) is 29.5 Å². The molecule has 184 valence electrons. The molecule has 0 amide bonds. The van der Waals surface area contributed by atoms with Crippen molar-refractivity contribution in [2.45, 2.75) is 38.6 Å². The van der Waals surface area contributed by atoms with E-state index in [1.54, 1.807) is 0 Å². The lowest BCUT2D eigenvalue weighted by Gasteiger charge is -2.34. The molecule has 1 heterocycles. The number of aliphatic hydroxyl groups excluding tert-OH is 1. The van der Waals surface area contributed by atoms with Gasteiger partial charge in [0.1, 0.15) is 13.2 Å². The summed E-state index contributed by atoms with van der Waals surface area (Å²) in [5.41, 5.74) is 5.37. The van der Waals surface area contributed by atoms with Gasteiger partial charge in [-0.25, -0.2) is 0 Å². The van der Waals surface area contributed by atoms with Crippen LogP contribution in [0.5, 0.6) is 11.8 Å². The van der Waals surface area contributed by atoms with Crippen LogP contribution in [0.3, 0.4) is 0 Å². The quantitative estimate of drug-likeness (QED) is 0.285. The minimum atomic E-state index is 0.289. The van der Waals surface area contributed by atoms with Crippen molar-refractivity contribution < 1.29 is 14.6 Å².